The van der Waals surface area contributed by atoms with Crippen LogP contribution in [0, 0.1) is 5.92 Å². The first-order chi connectivity index (χ1) is 9.40. The van der Waals surface area contributed by atoms with Gasteiger partial charge in [-0.05, 0) is 51.1 Å². The highest BCUT2D eigenvalue weighted by molar-refractivity contribution is 4.86. The minimum absolute atomic E-state index is 0.710. The summed E-state index contributed by atoms with van der Waals surface area (Å²) in [5.41, 5.74) is 0. The average Bonchev–Trinajstić information content (AvgIpc) is 3.27. The van der Waals surface area contributed by atoms with Gasteiger partial charge in [-0.25, -0.2) is 0 Å². The summed E-state index contributed by atoms with van der Waals surface area (Å²) in [4.78, 5) is 2.72. The van der Waals surface area contributed by atoms with Crippen LogP contribution >= 0.6 is 0 Å². The Kier molecular flexibility index (Phi) is 7.14. The van der Waals surface area contributed by atoms with Gasteiger partial charge in [0.1, 0.15) is 0 Å². The number of piperidine rings is 1. The van der Waals surface area contributed by atoms with Gasteiger partial charge in [0.2, 0.25) is 0 Å². The van der Waals surface area contributed by atoms with Crippen LogP contribution in [0.3, 0.4) is 0 Å². The summed E-state index contributed by atoms with van der Waals surface area (Å²) in [7, 11) is 1.72. The van der Waals surface area contributed by atoms with E-state index in [0.29, 0.717) is 6.61 Å². The van der Waals surface area contributed by atoms with Crippen molar-refractivity contribution in [1.29, 1.82) is 0 Å². The number of nitrogens with zero attached hydrogens (tertiary/aromatic N) is 1. The zero-order valence-corrected chi connectivity index (χ0v) is 12.4. The maximum Gasteiger partial charge on any atom is 0.0700 e. The van der Waals surface area contributed by atoms with E-state index in [1.165, 1.54) is 51.9 Å². The summed E-state index contributed by atoms with van der Waals surface area (Å²) in [6.45, 7) is 7.26. The summed E-state index contributed by atoms with van der Waals surface area (Å²) in [6.07, 6.45) is 6.69. The van der Waals surface area contributed by atoms with Gasteiger partial charge in [0.15, 0.2) is 0 Å². The van der Waals surface area contributed by atoms with E-state index in [1.54, 1.807) is 7.11 Å². The van der Waals surface area contributed by atoms with Gasteiger partial charge in [0, 0.05) is 32.8 Å². The molecule has 0 unspecified atom stereocenters. The van der Waals surface area contributed by atoms with E-state index in [9.17, 15) is 0 Å². The lowest BCUT2D eigenvalue weighted by Crippen LogP contribution is -2.38. The molecule has 1 aliphatic carbocycles. The molecule has 1 N–H and O–H groups in total. The van der Waals surface area contributed by atoms with Crippen LogP contribution in [-0.2, 0) is 9.47 Å². The molecule has 1 saturated carbocycles. The molecule has 1 aliphatic heterocycles. The summed E-state index contributed by atoms with van der Waals surface area (Å²) in [5, 5.41) is 3.45. The SMILES string of the molecule is COCCOCCCN(CC1CCNCC1)C1CC1. The molecule has 0 spiro atoms. The molecule has 0 amide bonds. The summed E-state index contributed by atoms with van der Waals surface area (Å²) >= 11 is 0. The minimum Gasteiger partial charge on any atom is -0.382 e. The van der Waals surface area contributed by atoms with Crippen molar-refractivity contribution >= 4 is 0 Å². The molecule has 4 nitrogen and oxygen atoms in total. The first-order valence-electron chi connectivity index (χ1n) is 7.91. The second kappa shape index (κ2) is 8.90. The zero-order valence-electron chi connectivity index (χ0n) is 12.4. The van der Waals surface area contributed by atoms with Gasteiger partial charge in [-0.2, -0.15) is 0 Å². The van der Waals surface area contributed by atoms with E-state index in [0.717, 1.165) is 31.6 Å². The van der Waals surface area contributed by atoms with E-state index >= 15 is 0 Å². The van der Waals surface area contributed by atoms with Gasteiger partial charge in [0.05, 0.1) is 13.2 Å². The molecule has 4 heteroatoms. The molecular weight excluding hydrogens is 240 g/mol. The van der Waals surface area contributed by atoms with Crippen LogP contribution in [-0.4, -0.2) is 64.1 Å². The number of hydrogen-bond donors (Lipinski definition) is 1. The highest BCUT2D eigenvalue weighted by Gasteiger charge is 2.30. The van der Waals surface area contributed by atoms with Crippen LogP contribution in [0.25, 0.3) is 0 Å². The minimum atomic E-state index is 0.710. The van der Waals surface area contributed by atoms with Crippen molar-refractivity contribution in [3.8, 4) is 0 Å². The lowest BCUT2D eigenvalue weighted by Gasteiger charge is -2.30. The molecule has 0 radical (unpaired) electrons. The Balaban J connectivity index is 1.57. The first kappa shape index (κ1) is 15.2. The molecule has 0 aromatic carbocycles. The van der Waals surface area contributed by atoms with Crippen molar-refractivity contribution < 1.29 is 9.47 Å². The third-order valence-corrected chi connectivity index (χ3v) is 4.18. The summed E-state index contributed by atoms with van der Waals surface area (Å²) in [5.74, 6) is 0.913. The number of ether oxygens (including phenoxy) is 2. The van der Waals surface area contributed by atoms with Crippen LogP contribution in [0.1, 0.15) is 32.1 Å². The molecular formula is C15H30N2O2. The molecule has 2 aliphatic rings. The van der Waals surface area contributed by atoms with Crippen LogP contribution in [0.4, 0.5) is 0 Å². The predicted octanol–water partition coefficient (Wildman–Crippen LogP) is 1.50. The number of nitrogens with one attached hydrogen (secondary N) is 1. The highest BCUT2D eigenvalue weighted by Crippen LogP contribution is 2.28. The topological polar surface area (TPSA) is 33.7 Å². The third-order valence-electron chi connectivity index (χ3n) is 4.18. The third kappa shape index (κ3) is 6.21. The van der Waals surface area contributed by atoms with E-state index in [1.807, 2.05) is 0 Å². The highest BCUT2D eigenvalue weighted by atomic mass is 16.5. The van der Waals surface area contributed by atoms with E-state index in [4.69, 9.17) is 9.47 Å². The Morgan fingerprint density at radius 2 is 1.84 bits per heavy atom. The molecule has 0 atom stereocenters. The van der Waals surface area contributed by atoms with Crippen molar-refractivity contribution in [2.45, 2.75) is 38.1 Å². The Morgan fingerprint density at radius 1 is 1.05 bits per heavy atom. The van der Waals surface area contributed by atoms with Gasteiger partial charge >= 0.3 is 0 Å². The molecule has 0 bridgehead atoms. The van der Waals surface area contributed by atoms with Gasteiger partial charge in [-0.1, -0.05) is 0 Å². The van der Waals surface area contributed by atoms with Crippen molar-refractivity contribution in [2.75, 3.05) is 53.1 Å². The monoisotopic (exact) mass is 270 g/mol. The van der Waals surface area contributed by atoms with Crippen LogP contribution in [0.5, 0.6) is 0 Å². The van der Waals surface area contributed by atoms with Crippen molar-refractivity contribution in [1.82, 2.24) is 10.2 Å². The second-order valence-corrected chi connectivity index (χ2v) is 5.88. The fourth-order valence-electron chi connectivity index (χ4n) is 2.87. The standard InChI is InChI=1S/C15H30N2O2/c1-18-11-12-19-10-2-9-17(15-3-4-15)13-14-5-7-16-8-6-14/h14-16H,2-13H2,1H3. The lowest BCUT2D eigenvalue weighted by atomic mass is 9.97. The Labute approximate surface area is 117 Å². The van der Waals surface area contributed by atoms with Crippen molar-refractivity contribution in [2.24, 2.45) is 5.92 Å². The second-order valence-electron chi connectivity index (χ2n) is 5.88. The summed E-state index contributed by atoms with van der Waals surface area (Å²) < 4.78 is 10.5. The quantitative estimate of drug-likeness (QED) is 0.610. The molecule has 0 aromatic rings. The number of hydrogen-bond acceptors (Lipinski definition) is 4. The van der Waals surface area contributed by atoms with E-state index in [2.05, 4.69) is 10.2 Å². The Morgan fingerprint density at radius 3 is 2.53 bits per heavy atom. The number of rotatable bonds is 10. The largest absolute Gasteiger partial charge is 0.382 e. The molecule has 2 rings (SSSR count). The summed E-state index contributed by atoms with van der Waals surface area (Å²) in [6, 6.07) is 0.883. The van der Waals surface area contributed by atoms with Crippen LogP contribution in [0.2, 0.25) is 0 Å². The van der Waals surface area contributed by atoms with Gasteiger partial charge in [0.25, 0.3) is 0 Å². The predicted molar refractivity (Wildman–Crippen MR) is 77.5 cm³/mol. The van der Waals surface area contributed by atoms with Gasteiger partial charge in [-0.3, -0.25) is 0 Å². The molecule has 112 valence electrons. The van der Waals surface area contributed by atoms with E-state index < -0.39 is 0 Å². The lowest BCUT2D eigenvalue weighted by molar-refractivity contribution is 0.0634. The zero-order chi connectivity index (χ0) is 13.3. The number of methoxy groups -OCH3 is 1. The van der Waals surface area contributed by atoms with E-state index in [-0.39, 0.29) is 0 Å². The Bertz CT molecular complexity index is 228. The smallest absolute Gasteiger partial charge is 0.0700 e. The molecule has 19 heavy (non-hydrogen) atoms. The molecule has 1 saturated heterocycles. The van der Waals surface area contributed by atoms with Crippen molar-refractivity contribution in [3.63, 3.8) is 0 Å². The van der Waals surface area contributed by atoms with Gasteiger partial charge < -0.3 is 19.7 Å². The van der Waals surface area contributed by atoms with Crippen molar-refractivity contribution in [3.05, 3.63) is 0 Å². The fraction of sp³-hybridized carbons (Fsp3) is 1.00. The van der Waals surface area contributed by atoms with Crippen LogP contribution in [0.15, 0.2) is 0 Å². The molecule has 0 aromatic heterocycles. The molecule has 2 fully saturated rings. The normalized spacial score (nSPS) is 21.2. The maximum absolute atomic E-state index is 5.55. The first-order valence-corrected chi connectivity index (χ1v) is 7.91. The Hall–Kier alpha value is -0.160. The molecule has 1 heterocycles. The fourth-order valence-corrected chi connectivity index (χ4v) is 2.87. The average molecular weight is 270 g/mol. The maximum atomic E-state index is 5.55. The van der Waals surface area contributed by atoms with Crippen LogP contribution < -0.4 is 5.32 Å². The van der Waals surface area contributed by atoms with Gasteiger partial charge in [-0.15, -0.1) is 0 Å².